The van der Waals surface area contributed by atoms with Gasteiger partial charge in [-0.25, -0.2) is 0 Å². The Bertz CT molecular complexity index is 403. The lowest BCUT2D eigenvalue weighted by molar-refractivity contribution is 0.155. The summed E-state index contributed by atoms with van der Waals surface area (Å²) >= 11 is 0. The Labute approximate surface area is 122 Å². The lowest BCUT2D eigenvalue weighted by Crippen LogP contribution is -2.37. The summed E-state index contributed by atoms with van der Waals surface area (Å²) in [5.74, 6) is 0.818. The normalized spacial score (nSPS) is 28.9. The van der Waals surface area contributed by atoms with Gasteiger partial charge in [0.25, 0.3) is 0 Å². The summed E-state index contributed by atoms with van der Waals surface area (Å²) in [7, 11) is 0. The Morgan fingerprint density at radius 1 is 1.15 bits per heavy atom. The monoisotopic (exact) mass is 274 g/mol. The number of aromatic nitrogens is 1. The maximum absolute atomic E-state index is 10.0. The van der Waals surface area contributed by atoms with Crippen LogP contribution in [-0.2, 0) is 6.42 Å². The molecule has 3 nitrogen and oxygen atoms in total. The largest absolute Gasteiger partial charge is 0.392 e. The molecule has 2 aliphatic rings. The van der Waals surface area contributed by atoms with Gasteiger partial charge >= 0.3 is 0 Å². The zero-order valence-electron chi connectivity index (χ0n) is 12.2. The summed E-state index contributed by atoms with van der Waals surface area (Å²) in [6, 6.07) is 4.82. The van der Waals surface area contributed by atoms with Gasteiger partial charge in [-0.3, -0.25) is 9.88 Å². The van der Waals surface area contributed by atoms with E-state index in [4.69, 9.17) is 0 Å². The molecule has 1 saturated carbocycles. The number of β-amino-alcohol motifs (C(OH)–C–C–N with tert-alkyl or cyclic N) is 1. The molecule has 2 atom stereocenters. The Morgan fingerprint density at radius 3 is 2.65 bits per heavy atom. The molecule has 0 unspecified atom stereocenters. The minimum atomic E-state index is -0.112. The van der Waals surface area contributed by atoms with E-state index in [9.17, 15) is 5.11 Å². The van der Waals surface area contributed by atoms with Gasteiger partial charge in [-0.2, -0.15) is 0 Å². The Morgan fingerprint density at radius 2 is 1.90 bits per heavy atom. The van der Waals surface area contributed by atoms with E-state index in [1.807, 2.05) is 12.4 Å². The number of nitrogens with zero attached hydrogens (tertiary/aromatic N) is 2. The molecular weight excluding hydrogens is 248 g/mol. The van der Waals surface area contributed by atoms with E-state index in [-0.39, 0.29) is 6.10 Å². The van der Waals surface area contributed by atoms with Crippen molar-refractivity contribution in [1.29, 1.82) is 0 Å². The maximum Gasteiger partial charge on any atom is 0.0682 e. The van der Waals surface area contributed by atoms with Crippen molar-refractivity contribution in [2.45, 2.75) is 57.1 Å². The van der Waals surface area contributed by atoms with Crippen molar-refractivity contribution in [2.24, 2.45) is 5.92 Å². The van der Waals surface area contributed by atoms with Crippen LogP contribution in [0.2, 0.25) is 0 Å². The lowest BCUT2D eigenvalue weighted by atomic mass is 9.82. The highest BCUT2D eigenvalue weighted by Crippen LogP contribution is 2.34. The van der Waals surface area contributed by atoms with E-state index < -0.39 is 0 Å². The van der Waals surface area contributed by atoms with Crippen LogP contribution in [0.1, 0.15) is 44.1 Å². The topological polar surface area (TPSA) is 36.4 Å². The molecule has 110 valence electrons. The highest BCUT2D eigenvalue weighted by Gasteiger charge is 2.36. The second-order valence-electron chi connectivity index (χ2n) is 6.46. The zero-order chi connectivity index (χ0) is 13.8. The zero-order valence-corrected chi connectivity index (χ0v) is 12.2. The molecule has 3 rings (SSSR count). The van der Waals surface area contributed by atoms with Gasteiger partial charge in [-0.1, -0.05) is 19.3 Å². The third kappa shape index (κ3) is 3.39. The fourth-order valence-electron chi connectivity index (χ4n) is 4.00. The van der Waals surface area contributed by atoms with Crippen molar-refractivity contribution in [3.63, 3.8) is 0 Å². The van der Waals surface area contributed by atoms with E-state index in [0.717, 1.165) is 31.8 Å². The molecule has 0 spiro atoms. The molecule has 1 saturated heterocycles. The van der Waals surface area contributed by atoms with Crippen molar-refractivity contribution in [3.05, 3.63) is 30.1 Å². The number of pyridine rings is 1. The molecule has 0 amide bonds. The standard InChI is InChI=1S/C17H26N2O/c20-16-12-17(15-4-2-1-3-5-15)19(13-16)11-8-14-6-9-18-10-7-14/h6-7,9-10,15-17,20H,1-5,8,11-13H2/t16-,17-/m1/s1. The first kappa shape index (κ1) is 14.0. The van der Waals surface area contributed by atoms with E-state index in [2.05, 4.69) is 22.0 Å². The molecular formula is C17H26N2O. The molecule has 1 aliphatic carbocycles. The highest BCUT2D eigenvalue weighted by molar-refractivity contribution is 5.10. The average molecular weight is 274 g/mol. The highest BCUT2D eigenvalue weighted by atomic mass is 16.3. The fraction of sp³-hybridized carbons (Fsp3) is 0.706. The van der Waals surface area contributed by atoms with Crippen molar-refractivity contribution in [1.82, 2.24) is 9.88 Å². The summed E-state index contributed by atoms with van der Waals surface area (Å²) in [5, 5.41) is 10.0. The minimum Gasteiger partial charge on any atom is -0.392 e. The Balaban J connectivity index is 1.58. The fourth-order valence-corrected chi connectivity index (χ4v) is 4.00. The van der Waals surface area contributed by atoms with E-state index >= 15 is 0 Å². The quantitative estimate of drug-likeness (QED) is 0.917. The van der Waals surface area contributed by atoms with E-state index in [1.165, 1.54) is 37.7 Å². The van der Waals surface area contributed by atoms with Gasteiger partial charge in [0.15, 0.2) is 0 Å². The average Bonchev–Trinajstić information content (AvgIpc) is 2.88. The van der Waals surface area contributed by atoms with Gasteiger partial charge in [-0.05, 0) is 49.3 Å². The third-order valence-electron chi connectivity index (χ3n) is 5.06. The first-order chi connectivity index (χ1) is 9.83. The molecule has 1 aliphatic heterocycles. The smallest absolute Gasteiger partial charge is 0.0682 e. The van der Waals surface area contributed by atoms with Crippen LogP contribution >= 0.6 is 0 Å². The van der Waals surface area contributed by atoms with Gasteiger partial charge in [0.1, 0.15) is 0 Å². The molecule has 3 heteroatoms. The van der Waals surface area contributed by atoms with E-state index in [1.54, 1.807) is 0 Å². The molecule has 1 N–H and O–H groups in total. The number of aliphatic hydroxyl groups excluding tert-OH is 1. The summed E-state index contributed by atoms with van der Waals surface area (Å²) < 4.78 is 0. The van der Waals surface area contributed by atoms with Crippen molar-refractivity contribution in [2.75, 3.05) is 13.1 Å². The van der Waals surface area contributed by atoms with Gasteiger partial charge < -0.3 is 5.11 Å². The maximum atomic E-state index is 10.0. The number of hydrogen-bond acceptors (Lipinski definition) is 3. The third-order valence-corrected chi connectivity index (χ3v) is 5.06. The van der Waals surface area contributed by atoms with Crippen LogP contribution in [0.5, 0.6) is 0 Å². The van der Waals surface area contributed by atoms with Crippen LogP contribution in [0.3, 0.4) is 0 Å². The second kappa shape index (κ2) is 6.68. The number of aliphatic hydroxyl groups is 1. The lowest BCUT2D eigenvalue weighted by Gasteiger charge is -2.33. The van der Waals surface area contributed by atoms with Crippen LogP contribution in [0.15, 0.2) is 24.5 Å². The molecule has 20 heavy (non-hydrogen) atoms. The summed E-state index contributed by atoms with van der Waals surface area (Å²) in [6.07, 6.45) is 12.6. The van der Waals surface area contributed by atoms with Crippen molar-refractivity contribution < 1.29 is 5.11 Å². The molecule has 0 radical (unpaired) electrons. The summed E-state index contributed by atoms with van der Waals surface area (Å²) in [6.45, 7) is 1.94. The second-order valence-corrected chi connectivity index (χ2v) is 6.46. The van der Waals surface area contributed by atoms with Crippen LogP contribution in [0, 0.1) is 5.92 Å². The first-order valence-electron chi connectivity index (χ1n) is 8.14. The van der Waals surface area contributed by atoms with Gasteiger partial charge in [0.2, 0.25) is 0 Å². The number of hydrogen-bond donors (Lipinski definition) is 1. The molecule has 2 fully saturated rings. The SMILES string of the molecule is O[C@@H]1C[C@H](C2CCCCC2)N(CCc2ccncc2)C1. The predicted octanol–water partition coefficient (Wildman–Crippen LogP) is 2.64. The van der Waals surface area contributed by atoms with Crippen LogP contribution < -0.4 is 0 Å². The molecule has 0 aromatic carbocycles. The van der Waals surface area contributed by atoms with Crippen LogP contribution in [-0.4, -0.2) is 40.2 Å². The summed E-state index contributed by atoms with van der Waals surface area (Å²) in [4.78, 5) is 6.61. The van der Waals surface area contributed by atoms with Gasteiger partial charge in [0, 0.05) is 31.5 Å². The number of rotatable bonds is 4. The predicted molar refractivity (Wildman–Crippen MR) is 80.5 cm³/mol. The molecule has 2 heterocycles. The van der Waals surface area contributed by atoms with Crippen molar-refractivity contribution in [3.8, 4) is 0 Å². The van der Waals surface area contributed by atoms with Crippen LogP contribution in [0.25, 0.3) is 0 Å². The molecule has 1 aromatic heterocycles. The minimum absolute atomic E-state index is 0.112. The first-order valence-corrected chi connectivity index (χ1v) is 8.14. The van der Waals surface area contributed by atoms with Gasteiger partial charge in [-0.15, -0.1) is 0 Å². The molecule has 0 bridgehead atoms. The molecule has 1 aromatic rings. The van der Waals surface area contributed by atoms with E-state index in [0.29, 0.717) is 6.04 Å². The van der Waals surface area contributed by atoms with Crippen LogP contribution in [0.4, 0.5) is 0 Å². The Hall–Kier alpha value is -0.930. The number of likely N-dealkylation sites (tertiary alicyclic amines) is 1. The van der Waals surface area contributed by atoms with Gasteiger partial charge in [0.05, 0.1) is 6.10 Å². The Kier molecular flexibility index (Phi) is 4.69. The van der Waals surface area contributed by atoms with Crippen molar-refractivity contribution >= 4 is 0 Å². The summed E-state index contributed by atoms with van der Waals surface area (Å²) in [5.41, 5.74) is 1.35.